The SMILES string of the molecule is Cc1cc2c(=O)c(C(=O)O)cn(C3CC3)c2cc1-c1cc2c(s1)C(N)CCC2.Cl. The van der Waals surface area contributed by atoms with Crippen molar-refractivity contribution >= 4 is 40.6 Å². The zero-order valence-corrected chi connectivity index (χ0v) is 17.7. The molecule has 1 atom stereocenters. The number of thiophene rings is 1. The molecule has 152 valence electrons. The standard InChI is InChI=1S/C22H22N2O3S.ClH/c1-11-7-15-18(24(13-5-6-13)10-16(20(15)25)22(26)27)9-14(11)19-8-12-3-2-4-17(23)21(12)28-19;/h7-10,13,17H,2-6,23H2,1H3,(H,26,27);1H. The van der Waals surface area contributed by atoms with Crippen LogP contribution in [0.5, 0.6) is 0 Å². The summed E-state index contributed by atoms with van der Waals surface area (Å²) in [7, 11) is 0. The van der Waals surface area contributed by atoms with Crippen LogP contribution in [0.25, 0.3) is 21.3 Å². The van der Waals surface area contributed by atoms with Crippen molar-refractivity contribution in [2.45, 2.75) is 51.1 Å². The van der Waals surface area contributed by atoms with Gasteiger partial charge in [0.1, 0.15) is 5.56 Å². The minimum Gasteiger partial charge on any atom is -0.477 e. The molecule has 5 rings (SSSR count). The van der Waals surface area contributed by atoms with E-state index in [9.17, 15) is 14.7 Å². The van der Waals surface area contributed by atoms with Crippen molar-refractivity contribution in [2.75, 3.05) is 0 Å². The highest BCUT2D eigenvalue weighted by molar-refractivity contribution is 7.15. The highest BCUT2D eigenvalue weighted by Gasteiger charge is 2.28. The molecular weight excluding hydrogens is 408 g/mol. The summed E-state index contributed by atoms with van der Waals surface area (Å²) in [5, 5.41) is 9.94. The summed E-state index contributed by atoms with van der Waals surface area (Å²) >= 11 is 1.75. The highest BCUT2D eigenvalue weighted by atomic mass is 35.5. The molecule has 0 saturated heterocycles. The molecule has 3 N–H and O–H groups in total. The number of nitrogens with two attached hydrogens (primary N) is 1. The number of aromatic nitrogens is 1. The van der Waals surface area contributed by atoms with Gasteiger partial charge in [-0.1, -0.05) is 0 Å². The largest absolute Gasteiger partial charge is 0.477 e. The fraction of sp³-hybridized carbons (Fsp3) is 0.364. The van der Waals surface area contributed by atoms with Gasteiger partial charge in [-0.15, -0.1) is 23.7 Å². The molecule has 0 bridgehead atoms. The number of carboxylic acids is 1. The van der Waals surface area contributed by atoms with E-state index in [-0.39, 0.29) is 30.1 Å². The topological polar surface area (TPSA) is 85.3 Å². The predicted molar refractivity (Wildman–Crippen MR) is 119 cm³/mol. The molecule has 1 aromatic carbocycles. The number of hydrogen-bond acceptors (Lipinski definition) is 4. The van der Waals surface area contributed by atoms with Crippen LogP contribution in [0.4, 0.5) is 0 Å². The number of benzene rings is 1. The van der Waals surface area contributed by atoms with Crippen LogP contribution < -0.4 is 11.2 Å². The summed E-state index contributed by atoms with van der Waals surface area (Å²) in [6.45, 7) is 1.99. The van der Waals surface area contributed by atoms with Crippen LogP contribution in [-0.4, -0.2) is 15.6 Å². The Kier molecular flexibility index (Phi) is 5.05. The predicted octanol–water partition coefficient (Wildman–Crippen LogP) is 4.83. The third-order valence-corrected chi connectivity index (χ3v) is 7.30. The molecule has 1 saturated carbocycles. The number of nitrogens with zero attached hydrogens (tertiary/aromatic N) is 1. The Balaban J connectivity index is 0.00000205. The van der Waals surface area contributed by atoms with E-state index >= 15 is 0 Å². The first-order valence-electron chi connectivity index (χ1n) is 9.75. The van der Waals surface area contributed by atoms with E-state index in [4.69, 9.17) is 5.73 Å². The van der Waals surface area contributed by atoms with Crippen LogP contribution in [0.1, 0.15) is 64.1 Å². The van der Waals surface area contributed by atoms with Crippen molar-refractivity contribution in [1.82, 2.24) is 4.57 Å². The van der Waals surface area contributed by atoms with E-state index in [1.54, 1.807) is 11.3 Å². The summed E-state index contributed by atoms with van der Waals surface area (Å²) in [4.78, 5) is 26.8. The quantitative estimate of drug-likeness (QED) is 0.623. The molecule has 1 fully saturated rings. The molecule has 2 aliphatic carbocycles. The van der Waals surface area contributed by atoms with Crippen LogP contribution in [0.3, 0.4) is 0 Å². The van der Waals surface area contributed by atoms with E-state index in [1.807, 2.05) is 17.6 Å². The molecule has 7 heteroatoms. The lowest BCUT2D eigenvalue weighted by atomic mass is 9.94. The number of halogens is 1. The van der Waals surface area contributed by atoms with Crippen LogP contribution in [0.15, 0.2) is 29.2 Å². The first kappa shape index (κ1) is 20.1. The molecule has 3 aromatic rings. The lowest BCUT2D eigenvalue weighted by Gasteiger charge is -2.17. The van der Waals surface area contributed by atoms with E-state index in [1.165, 1.54) is 21.5 Å². The van der Waals surface area contributed by atoms with Gasteiger partial charge in [0.15, 0.2) is 0 Å². The number of hydrogen-bond donors (Lipinski definition) is 2. The van der Waals surface area contributed by atoms with Gasteiger partial charge in [0.2, 0.25) is 5.43 Å². The minimum atomic E-state index is -1.16. The zero-order chi connectivity index (χ0) is 19.6. The fourth-order valence-corrected chi connectivity index (χ4v) is 5.63. The lowest BCUT2D eigenvalue weighted by Crippen LogP contribution is -2.18. The van der Waals surface area contributed by atoms with Crippen molar-refractivity contribution in [3.05, 3.63) is 56.2 Å². The van der Waals surface area contributed by atoms with Gasteiger partial charge in [0.05, 0.1) is 5.52 Å². The summed E-state index contributed by atoms with van der Waals surface area (Å²) in [5.74, 6) is -1.16. The first-order valence-corrected chi connectivity index (χ1v) is 10.6. The second kappa shape index (κ2) is 7.27. The van der Waals surface area contributed by atoms with Gasteiger partial charge in [-0.05, 0) is 73.9 Å². The maximum absolute atomic E-state index is 12.8. The summed E-state index contributed by atoms with van der Waals surface area (Å²) < 4.78 is 1.99. The third kappa shape index (κ3) is 3.29. The molecule has 2 aromatic heterocycles. The molecule has 0 aliphatic heterocycles. The second-order valence-electron chi connectivity index (χ2n) is 8.00. The van der Waals surface area contributed by atoms with Gasteiger partial charge in [-0.3, -0.25) is 4.79 Å². The van der Waals surface area contributed by atoms with E-state index < -0.39 is 11.4 Å². The number of aryl methyl sites for hydroxylation is 2. The molecule has 29 heavy (non-hydrogen) atoms. The summed E-state index contributed by atoms with van der Waals surface area (Å²) in [5.41, 5.74) is 10.0. The van der Waals surface area contributed by atoms with Crippen LogP contribution in [0.2, 0.25) is 0 Å². The van der Waals surface area contributed by atoms with Gasteiger partial charge < -0.3 is 15.4 Å². The Morgan fingerprint density at radius 3 is 2.66 bits per heavy atom. The van der Waals surface area contributed by atoms with Crippen molar-refractivity contribution < 1.29 is 9.90 Å². The van der Waals surface area contributed by atoms with Crippen molar-refractivity contribution in [3.63, 3.8) is 0 Å². The van der Waals surface area contributed by atoms with E-state index in [0.29, 0.717) is 5.39 Å². The Bertz CT molecular complexity index is 1190. The number of aromatic carboxylic acids is 1. The molecule has 1 unspecified atom stereocenters. The Hall–Kier alpha value is -2.15. The van der Waals surface area contributed by atoms with Gasteiger partial charge >= 0.3 is 5.97 Å². The number of rotatable bonds is 3. The van der Waals surface area contributed by atoms with Gasteiger partial charge in [-0.2, -0.15) is 0 Å². The third-order valence-electron chi connectivity index (χ3n) is 5.95. The average molecular weight is 431 g/mol. The molecule has 5 nitrogen and oxygen atoms in total. The fourth-order valence-electron chi connectivity index (χ4n) is 4.31. The van der Waals surface area contributed by atoms with Crippen LogP contribution in [-0.2, 0) is 6.42 Å². The molecule has 0 amide bonds. The smallest absolute Gasteiger partial charge is 0.341 e. The molecule has 2 aliphatic rings. The lowest BCUT2D eigenvalue weighted by molar-refractivity contribution is 0.0695. The zero-order valence-electron chi connectivity index (χ0n) is 16.1. The Labute approximate surface area is 178 Å². The van der Waals surface area contributed by atoms with E-state index in [2.05, 4.69) is 12.1 Å². The number of fused-ring (bicyclic) bond motifs is 2. The van der Waals surface area contributed by atoms with Crippen LogP contribution >= 0.6 is 23.7 Å². The number of carbonyl (C=O) groups is 1. The molecule has 0 radical (unpaired) electrons. The summed E-state index contributed by atoms with van der Waals surface area (Å²) in [6, 6.07) is 6.57. The Morgan fingerprint density at radius 1 is 1.24 bits per heavy atom. The number of carboxylic acid groups (broad SMARTS) is 1. The van der Waals surface area contributed by atoms with Crippen molar-refractivity contribution in [1.29, 1.82) is 0 Å². The number of pyridine rings is 1. The first-order chi connectivity index (χ1) is 13.4. The summed E-state index contributed by atoms with van der Waals surface area (Å²) in [6.07, 6.45) is 6.79. The highest BCUT2D eigenvalue weighted by Crippen LogP contribution is 2.42. The monoisotopic (exact) mass is 430 g/mol. The molecule has 2 heterocycles. The Morgan fingerprint density at radius 2 is 2.00 bits per heavy atom. The minimum absolute atomic E-state index is 0. The maximum Gasteiger partial charge on any atom is 0.341 e. The van der Waals surface area contributed by atoms with Crippen molar-refractivity contribution in [2.24, 2.45) is 5.73 Å². The average Bonchev–Trinajstić information content (AvgIpc) is 3.40. The maximum atomic E-state index is 12.8. The normalized spacial score (nSPS) is 18.3. The molecule has 0 spiro atoms. The van der Waals surface area contributed by atoms with Crippen LogP contribution in [0, 0.1) is 6.92 Å². The van der Waals surface area contributed by atoms with Gasteiger partial charge in [-0.25, -0.2) is 4.79 Å². The second-order valence-corrected chi connectivity index (χ2v) is 9.08. The molecular formula is C22H23ClN2O3S. The van der Waals surface area contributed by atoms with Crippen molar-refractivity contribution in [3.8, 4) is 10.4 Å². The van der Waals surface area contributed by atoms with Gasteiger partial charge in [0, 0.05) is 33.4 Å². The van der Waals surface area contributed by atoms with Gasteiger partial charge in [0.25, 0.3) is 0 Å². The van der Waals surface area contributed by atoms with E-state index in [0.717, 1.165) is 48.7 Å².